The Labute approximate surface area is 151 Å². The summed E-state index contributed by atoms with van der Waals surface area (Å²) in [5.41, 5.74) is 0. The van der Waals surface area contributed by atoms with E-state index in [1.54, 1.807) is 6.08 Å². The van der Waals surface area contributed by atoms with Crippen molar-refractivity contribution in [3.05, 3.63) is 36.5 Å². The molecule has 0 aromatic heterocycles. The number of aliphatic hydroxyl groups is 3. The van der Waals surface area contributed by atoms with Crippen molar-refractivity contribution in [1.82, 2.24) is 0 Å². The molecule has 5 nitrogen and oxygen atoms in total. The van der Waals surface area contributed by atoms with Gasteiger partial charge in [-0.15, -0.1) is 0 Å². The van der Waals surface area contributed by atoms with Crippen molar-refractivity contribution >= 4 is 5.97 Å². The smallest absolute Gasteiger partial charge is 0.303 e. The van der Waals surface area contributed by atoms with Gasteiger partial charge in [-0.2, -0.15) is 0 Å². The molecule has 1 unspecified atom stereocenters. The lowest BCUT2D eigenvalue weighted by atomic mass is 10.1. The van der Waals surface area contributed by atoms with Crippen LogP contribution in [0.3, 0.4) is 0 Å². The van der Waals surface area contributed by atoms with Crippen molar-refractivity contribution in [1.29, 1.82) is 0 Å². The topological polar surface area (TPSA) is 98.0 Å². The van der Waals surface area contributed by atoms with E-state index in [-0.39, 0.29) is 6.42 Å². The third kappa shape index (κ3) is 15.8. The summed E-state index contributed by atoms with van der Waals surface area (Å²) in [7, 11) is 0. The number of allylic oxidation sites excluding steroid dienone is 2. The van der Waals surface area contributed by atoms with Crippen LogP contribution in [0.2, 0.25) is 0 Å². The molecule has 0 amide bonds. The molecule has 144 valence electrons. The molecule has 3 atom stereocenters. The highest BCUT2D eigenvalue weighted by molar-refractivity contribution is 5.66. The van der Waals surface area contributed by atoms with E-state index < -0.39 is 24.3 Å². The zero-order chi connectivity index (χ0) is 18.9. The van der Waals surface area contributed by atoms with Crippen LogP contribution in [0.1, 0.15) is 64.7 Å². The Morgan fingerprint density at radius 3 is 2.16 bits per heavy atom. The van der Waals surface area contributed by atoms with E-state index in [0.29, 0.717) is 25.7 Å². The Kier molecular flexibility index (Phi) is 15.1. The summed E-state index contributed by atoms with van der Waals surface area (Å²) in [6.45, 7) is 2.15. The Morgan fingerprint density at radius 1 is 0.880 bits per heavy atom. The van der Waals surface area contributed by atoms with Crippen molar-refractivity contribution in [2.24, 2.45) is 0 Å². The first-order chi connectivity index (χ1) is 12.0. The summed E-state index contributed by atoms with van der Waals surface area (Å²) in [5.74, 6) is -0.806. The molecule has 0 heterocycles. The molecule has 0 aliphatic carbocycles. The van der Waals surface area contributed by atoms with Gasteiger partial charge in [0.2, 0.25) is 0 Å². The normalized spacial score (nSPS) is 16.0. The largest absolute Gasteiger partial charge is 0.481 e. The quantitative estimate of drug-likeness (QED) is 0.267. The van der Waals surface area contributed by atoms with Crippen LogP contribution in [0.5, 0.6) is 0 Å². The second kappa shape index (κ2) is 16.1. The Hall–Kier alpha value is -1.43. The number of unbranched alkanes of at least 4 members (excludes halogenated alkanes) is 4. The van der Waals surface area contributed by atoms with Crippen LogP contribution in [0.25, 0.3) is 0 Å². The van der Waals surface area contributed by atoms with Crippen molar-refractivity contribution in [2.45, 2.75) is 83.0 Å². The van der Waals surface area contributed by atoms with Crippen molar-refractivity contribution < 1.29 is 25.2 Å². The van der Waals surface area contributed by atoms with Crippen LogP contribution < -0.4 is 0 Å². The number of hydrogen-bond donors (Lipinski definition) is 4. The molecule has 0 spiro atoms. The number of aliphatic carboxylic acids is 1. The van der Waals surface area contributed by atoms with E-state index in [9.17, 15) is 20.1 Å². The molecule has 0 aliphatic rings. The second-order valence-corrected chi connectivity index (χ2v) is 6.21. The van der Waals surface area contributed by atoms with E-state index in [1.807, 2.05) is 18.2 Å². The van der Waals surface area contributed by atoms with Gasteiger partial charge >= 0.3 is 5.97 Å². The van der Waals surface area contributed by atoms with E-state index in [1.165, 1.54) is 25.0 Å². The molecule has 0 aromatic carbocycles. The fourth-order valence-corrected chi connectivity index (χ4v) is 2.18. The van der Waals surface area contributed by atoms with Gasteiger partial charge in [0.1, 0.15) is 0 Å². The van der Waals surface area contributed by atoms with Gasteiger partial charge in [-0.1, -0.05) is 56.2 Å². The Balaban J connectivity index is 3.91. The second-order valence-electron chi connectivity index (χ2n) is 6.21. The van der Waals surface area contributed by atoms with Gasteiger partial charge in [0.15, 0.2) is 0 Å². The number of hydrogen-bond acceptors (Lipinski definition) is 4. The summed E-state index contributed by atoms with van der Waals surface area (Å²) in [5, 5.41) is 38.0. The maximum absolute atomic E-state index is 10.3. The van der Waals surface area contributed by atoms with Crippen LogP contribution in [-0.2, 0) is 4.79 Å². The van der Waals surface area contributed by atoms with Gasteiger partial charge in [-0.3, -0.25) is 4.79 Å². The van der Waals surface area contributed by atoms with E-state index in [4.69, 9.17) is 5.11 Å². The maximum Gasteiger partial charge on any atom is 0.303 e. The number of carbonyl (C=O) groups is 1. The lowest BCUT2D eigenvalue weighted by Gasteiger charge is -2.13. The van der Waals surface area contributed by atoms with E-state index in [2.05, 4.69) is 6.92 Å². The van der Waals surface area contributed by atoms with Crippen LogP contribution in [0, 0.1) is 0 Å². The molecule has 0 aliphatic heterocycles. The highest BCUT2D eigenvalue weighted by atomic mass is 16.4. The first-order valence-electron chi connectivity index (χ1n) is 9.21. The number of carboxylic acids is 1. The van der Waals surface area contributed by atoms with Gasteiger partial charge in [0, 0.05) is 6.42 Å². The standard InChI is InChI=1S/C20H34O5/c1-2-3-4-5-6-10-13-18(22)19(23)16-15-17(21)12-9-7-8-11-14-20(24)25/h6-7,9-10,15-19,21-23H,2-5,8,11-14H2,1H3,(H,24,25)/b9-7-,10-6-,16-15+/t17?,18-,19+/m0/s1. The summed E-state index contributed by atoms with van der Waals surface area (Å²) in [6, 6.07) is 0. The molecular formula is C20H34O5. The van der Waals surface area contributed by atoms with Crippen molar-refractivity contribution in [3.63, 3.8) is 0 Å². The number of carboxylic acid groups (broad SMARTS) is 1. The minimum absolute atomic E-state index is 0.143. The predicted molar refractivity (Wildman–Crippen MR) is 100 cm³/mol. The monoisotopic (exact) mass is 354 g/mol. The SMILES string of the molecule is CCCCC/C=C\C[C@H](O)[C@H](O)/C=C/C(O)C/C=C\CCCC(=O)O. The summed E-state index contributed by atoms with van der Waals surface area (Å²) >= 11 is 0. The first-order valence-corrected chi connectivity index (χ1v) is 9.21. The molecule has 0 bridgehead atoms. The summed E-state index contributed by atoms with van der Waals surface area (Å²) < 4.78 is 0. The Bertz CT molecular complexity index is 414. The minimum atomic E-state index is -1.01. The zero-order valence-corrected chi connectivity index (χ0v) is 15.3. The average Bonchev–Trinajstić information content (AvgIpc) is 2.58. The zero-order valence-electron chi connectivity index (χ0n) is 15.3. The highest BCUT2D eigenvalue weighted by Gasteiger charge is 2.11. The molecule has 25 heavy (non-hydrogen) atoms. The lowest BCUT2D eigenvalue weighted by Crippen LogP contribution is -2.23. The van der Waals surface area contributed by atoms with Crippen molar-refractivity contribution in [3.8, 4) is 0 Å². The molecule has 0 radical (unpaired) electrons. The van der Waals surface area contributed by atoms with Crippen LogP contribution in [0.15, 0.2) is 36.5 Å². The fourth-order valence-electron chi connectivity index (χ4n) is 2.18. The molecule has 0 rings (SSSR count). The molecule has 5 heteroatoms. The Morgan fingerprint density at radius 2 is 1.52 bits per heavy atom. The predicted octanol–water partition coefficient (Wildman–Crippen LogP) is 3.35. The lowest BCUT2D eigenvalue weighted by molar-refractivity contribution is -0.137. The minimum Gasteiger partial charge on any atom is -0.481 e. The van der Waals surface area contributed by atoms with Crippen LogP contribution in [0.4, 0.5) is 0 Å². The summed E-state index contributed by atoms with van der Waals surface area (Å²) in [4.78, 5) is 10.3. The van der Waals surface area contributed by atoms with Crippen molar-refractivity contribution in [2.75, 3.05) is 0 Å². The molecule has 4 N–H and O–H groups in total. The number of rotatable bonds is 15. The van der Waals surface area contributed by atoms with E-state index in [0.717, 1.165) is 12.8 Å². The molecule has 0 saturated heterocycles. The third-order valence-electron chi connectivity index (χ3n) is 3.75. The molecule has 0 fully saturated rings. The maximum atomic E-state index is 10.3. The van der Waals surface area contributed by atoms with Gasteiger partial charge in [0.05, 0.1) is 18.3 Å². The van der Waals surface area contributed by atoms with E-state index >= 15 is 0 Å². The first kappa shape index (κ1) is 23.6. The highest BCUT2D eigenvalue weighted by Crippen LogP contribution is 2.06. The third-order valence-corrected chi connectivity index (χ3v) is 3.75. The average molecular weight is 354 g/mol. The molecule has 0 saturated carbocycles. The van der Waals surface area contributed by atoms with Crippen LogP contribution in [-0.4, -0.2) is 44.7 Å². The number of aliphatic hydroxyl groups excluding tert-OH is 3. The molecular weight excluding hydrogens is 320 g/mol. The van der Waals surface area contributed by atoms with Gasteiger partial charge in [-0.05, 0) is 38.5 Å². The summed E-state index contributed by atoms with van der Waals surface area (Å²) in [6.07, 6.45) is 14.5. The molecule has 0 aromatic rings. The van der Waals surface area contributed by atoms with Gasteiger partial charge < -0.3 is 20.4 Å². The fraction of sp³-hybridized carbons (Fsp3) is 0.650. The van der Waals surface area contributed by atoms with Crippen LogP contribution >= 0.6 is 0 Å². The van der Waals surface area contributed by atoms with Gasteiger partial charge in [-0.25, -0.2) is 0 Å². The van der Waals surface area contributed by atoms with Gasteiger partial charge in [0.25, 0.3) is 0 Å².